The molecule has 35 heavy (non-hydrogen) atoms. The summed E-state index contributed by atoms with van der Waals surface area (Å²) in [6.07, 6.45) is 3.12. The zero-order chi connectivity index (χ0) is 24.9. The third kappa shape index (κ3) is 5.23. The second-order valence-electron chi connectivity index (χ2n) is 8.28. The number of hydrogen-bond acceptors (Lipinski definition) is 4. The lowest BCUT2D eigenvalue weighted by atomic mass is 9.95. The van der Waals surface area contributed by atoms with Gasteiger partial charge in [0.1, 0.15) is 17.3 Å². The molecule has 1 aliphatic heterocycles. The van der Waals surface area contributed by atoms with Gasteiger partial charge in [0.15, 0.2) is 0 Å². The Kier molecular flexibility index (Phi) is 7.51. The molecule has 0 radical (unpaired) electrons. The second kappa shape index (κ2) is 10.7. The lowest BCUT2D eigenvalue weighted by Gasteiger charge is -2.25. The lowest BCUT2D eigenvalue weighted by Crippen LogP contribution is -2.29. The Bertz CT molecular complexity index is 1250. The average Bonchev–Trinajstić information content (AvgIpc) is 3.12. The number of nitrogens with zero attached hydrogens (tertiary/aromatic N) is 1. The molecule has 3 aromatic rings. The molecule has 1 atom stereocenters. The summed E-state index contributed by atoms with van der Waals surface area (Å²) in [6.45, 7) is 2.71. The van der Waals surface area contributed by atoms with Crippen molar-refractivity contribution < 1.29 is 23.8 Å². The third-order valence-corrected chi connectivity index (χ3v) is 6.10. The van der Waals surface area contributed by atoms with Gasteiger partial charge in [-0.05, 0) is 66.6 Å². The summed E-state index contributed by atoms with van der Waals surface area (Å²) >= 11 is 6.14. The van der Waals surface area contributed by atoms with Gasteiger partial charge in [0.05, 0.1) is 18.2 Å². The maximum absolute atomic E-state index is 13.7. The zero-order valence-electron chi connectivity index (χ0n) is 19.2. The Hall–Kier alpha value is -3.64. The number of hydrogen-bond donors (Lipinski definition) is 1. The first-order valence-corrected chi connectivity index (χ1v) is 11.8. The van der Waals surface area contributed by atoms with Crippen molar-refractivity contribution >= 4 is 34.7 Å². The monoisotopic (exact) mass is 493 g/mol. The van der Waals surface area contributed by atoms with E-state index in [1.54, 1.807) is 48.5 Å². The van der Waals surface area contributed by atoms with Crippen molar-refractivity contribution in [3.05, 3.63) is 100 Å². The Morgan fingerprint density at radius 2 is 1.74 bits per heavy atom. The van der Waals surface area contributed by atoms with E-state index in [1.165, 1.54) is 29.2 Å². The molecule has 1 heterocycles. The number of carbonyl (C=O) groups is 2. The molecule has 0 aromatic heterocycles. The van der Waals surface area contributed by atoms with Crippen LogP contribution in [0.2, 0.25) is 5.02 Å². The molecule has 1 amide bonds. The maximum atomic E-state index is 13.7. The van der Waals surface area contributed by atoms with Crippen LogP contribution in [0.3, 0.4) is 0 Å². The van der Waals surface area contributed by atoms with Crippen molar-refractivity contribution in [2.45, 2.75) is 32.2 Å². The number of ether oxygens (including phenoxy) is 1. The van der Waals surface area contributed by atoms with Crippen molar-refractivity contribution in [3.63, 3.8) is 0 Å². The molecule has 7 heteroatoms. The average molecular weight is 494 g/mol. The van der Waals surface area contributed by atoms with E-state index in [-0.39, 0.29) is 11.3 Å². The van der Waals surface area contributed by atoms with Gasteiger partial charge in [-0.15, -0.1) is 0 Å². The molecule has 1 aliphatic rings. The lowest BCUT2D eigenvalue weighted by molar-refractivity contribution is -0.132. The van der Waals surface area contributed by atoms with Crippen LogP contribution >= 0.6 is 11.6 Å². The standard InChI is InChI=1S/C28H25ClFNO4/c1-2-3-4-16-35-23-14-10-19(11-15-23)26(32)24-25(18-8-12-21(30)13-9-18)31(28(34)27(24)33)22-7-5-6-20(29)17-22/h5-15,17,25,32H,2-4,16H2,1H3/b26-24+. The number of unbranched alkanes of at least 4 members (excludes halogenated alkanes) is 2. The summed E-state index contributed by atoms with van der Waals surface area (Å²) in [5, 5.41) is 11.6. The predicted molar refractivity (Wildman–Crippen MR) is 134 cm³/mol. The number of aliphatic hydroxyl groups is 1. The number of benzene rings is 3. The molecule has 180 valence electrons. The fourth-order valence-electron chi connectivity index (χ4n) is 4.09. The van der Waals surface area contributed by atoms with E-state index < -0.39 is 23.5 Å². The summed E-state index contributed by atoms with van der Waals surface area (Å²) in [5.41, 5.74) is 1.15. The highest BCUT2D eigenvalue weighted by atomic mass is 35.5. The van der Waals surface area contributed by atoms with Crippen LogP contribution in [0, 0.1) is 5.82 Å². The fourth-order valence-corrected chi connectivity index (χ4v) is 4.28. The van der Waals surface area contributed by atoms with Crippen LogP contribution in [0.5, 0.6) is 5.75 Å². The summed E-state index contributed by atoms with van der Waals surface area (Å²) in [4.78, 5) is 27.6. The Morgan fingerprint density at radius 3 is 2.40 bits per heavy atom. The van der Waals surface area contributed by atoms with E-state index in [1.807, 2.05) is 0 Å². The molecule has 5 nitrogen and oxygen atoms in total. The minimum absolute atomic E-state index is 0.0850. The molecule has 0 bridgehead atoms. The summed E-state index contributed by atoms with van der Waals surface area (Å²) in [7, 11) is 0. The first-order chi connectivity index (χ1) is 16.9. The minimum atomic E-state index is -0.959. The van der Waals surface area contributed by atoms with Crippen molar-refractivity contribution in [1.82, 2.24) is 0 Å². The first-order valence-electron chi connectivity index (χ1n) is 11.5. The van der Waals surface area contributed by atoms with Gasteiger partial charge in [-0.1, -0.05) is 49.6 Å². The number of ketones is 1. The predicted octanol–water partition coefficient (Wildman–Crippen LogP) is 6.67. The molecule has 0 aliphatic carbocycles. The van der Waals surface area contributed by atoms with Crippen molar-refractivity contribution in [3.8, 4) is 5.75 Å². The number of halogens is 2. The van der Waals surface area contributed by atoms with Crippen LogP contribution in [-0.4, -0.2) is 23.4 Å². The highest BCUT2D eigenvalue weighted by Gasteiger charge is 2.47. The van der Waals surface area contributed by atoms with Gasteiger partial charge < -0.3 is 9.84 Å². The highest BCUT2D eigenvalue weighted by Crippen LogP contribution is 2.42. The van der Waals surface area contributed by atoms with Gasteiger partial charge in [0.25, 0.3) is 11.7 Å². The fraction of sp³-hybridized carbons (Fsp3) is 0.214. The molecule has 1 unspecified atom stereocenters. The molecule has 1 fully saturated rings. The SMILES string of the molecule is CCCCCOc1ccc(/C(O)=C2\C(=O)C(=O)N(c3cccc(Cl)c3)C2c2ccc(F)cc2)cc1. The van der Waals surface area contributed by atoms with Crippen molar-refractivity contribution in [1.29, 1.82) is 0 Å². The minimum Gasteiger partial charge on any atom is -0.507 e. The van der Waals surface area contributed by atoms with Crippen molar-refractivity contribution in [2.75, 3.05) is 11.5 Å². The van der Waals surface area contributed by atoms with Gasteiger partial charge in [-0.25, -0.2) is 4.39 Å². The Labute approximate surface area is 208 Å². The third-order valence-electron chi connectivity index (χ3n) is 5.86. The van der Waals surface area contributed by atoms with Crippen LogP contribution in [0.25, 0.3) is 5.76 Å². The van der Waals surface area contributed by atoms with Gasteiger partial charge in [0.2, 0.25) is 0 Å². The van der Waals surface area contributed by atoms with Crippen LogP contribution < -0.4 is 9.64 Å². The van der Waals surface area contributed by atoms with E-state index in [0.29, 0.717) is 34.2 Å². The molecular weight excluding hydrogens is 469 g/mol. The normalized spacial score (nSPS) is 17.1. The topological polar surface area (TPSA) is 66.8 Å². The molecule has 1 N–H and O–H groups in total. The number of carbonyl (C=O) groups excluding carboxylic acids is 2. The molecule has 4 rings (SSSR count). The highest BCUT2D eigenvalue weighted by molar-refractivity contribution is 6.51. The van der Waals surface area contributed by atoms with Gasteiger partial charge >= 0.3 is 0 Å². The number of aliphatic hydroxyl groups excluding tert-OH is 1. The summed E-state index contributed by atoms with van der Waals surface area (Å²) in [5.74, 6) is -1.77. The van der Waals surface area contributed by atoms with E-state index in [2.05, 4.69) is 6.92 Å². The number of rotatable bonds is 8. The van der Waals surface area contributed by atoms with Crippen LogP contribution in [0.4, 0.5) is 10.1 Å². The molecule has 3 aromatic carbocycles. The van der Waals surface area contributed by atoms with E-state index in [0.717, 1.165) is 19.3 Å². The van der Waals surface area contributed by atoms with Crippen LogP contribution in [0.15, 0.2) is 78.4 Å². The number of anilines is 1. The number of Topliss-reactive ketones (excluding diaryl/α,β-unsaturated/α-hetero) is 1. The summed E-state index contributed by atoms with van der Waals surface area (Å²) < 4.78 is 19.4. The zero-order valence-corrected chi connectivity index (χ0v) is 20.0. The molecule has 1 saturated heterocycles. The van der Waals surface area contributed by atoms with Gasteiger partial charge in [0, 0.05) is 16.3 Å². The summed E-state index contributed by atoms with van der Waals surface area (Å²) in [6, 6.07) is 17.7. The Morgan fingerprint density at radius 1 is 1.03 bits per heavy atom. The maximum Gasteiger partial charge on any atom is 0.300 e. The largest absolute Gasteiger partial charge is 0.507 e. The first kappa shape index (κ1) is 24.5. The molecular formula is C28H25ClFNO4. The smallest absolute Gasteiger partial charge is 0.300 e. The quantitative estimate of drug-likeness (QED) is 0.164. The van der Waals surface area contributed by atoms with Gasteiger partial charge in [-0.2, -0.15) is 0 Å². The van der Waals surface area contributed by atoms with E-state index >= 15 is 0 Å². The molecule has 0 saturated carbocycles. The molecule has 0 spiro atoms. The van der Waals surface area contributed by atoms with Gasteiger partial charge in [-0.3, -0.25) is 14.5 Å². The Balaban J connectivity index is 1.75. The van der Waals surface area contributed by atoms with E-state index in [4.69, 9.17) is 16.3 Å². The van der Waals surface area contributed by atoms with E-state index in [9.17, 15) is 19.1 Å². The van der Waals surface area contributed by atoms with Crippen LogP contribution in [0.1, 0.15) is 43.4 Å². The number of amides is 1. The van der Waals surface area contributed by atoms with Crippen molar-refractivity contribution in [2.24, 2.45) is 0 Å². The second-order valence-corrected chi connectivity index (χ2v) is 8.72. The van der Waals surface area contributed by atoms with Crippen LogP contribution in [-0.2, 0) is 9.59 Å².